The van der Waals surface area contributed by atoms with Crippen LogP contribution >= 0.6 is 31.9 Å². The minimum absolute atomic E-state index is 0.209. The Labute approximate surface area is 296 Å². The van der Waals surface area contributed by atoms with Gasteiger partial charge in [-0.2, -0.15) is 0 Å². The highest BCUT2D eigenvalue weighted by Gasteiger charge is 2.52. The number of unbranched alkanes of at least 4 members (excludes halogenated alkanes) is 18. The van der Waals surface area contributed by atoms with Crippen molar-refractivity contribution >= 4 is 43.8 Å². The van der Waals surface area contributed by atoms with Crippen molar-refractivity contribution in [3.63, 3.8) is 0 Å². The third kappa shape index (κ3) is 12.1. The lowest BCUT2D eigenvalue weighted by atomic mass is 9.62. The summed E-state index contributed by atoms with van der Waals surface area (Å²) in [4.78, 5) is 28.6. The average molecular weight is 768 g/mol. The molecule has 1 aliphatic heterocycles. The van der Waals surface area contributed by atoms with Gasteiger partial charge in [-0.25, -0.2) is 9.59 Å². The molecule has 0 unspecified atom stereocenters. The molecule has 0 spiro atoms. The number of carboxylic acid groups (broad SMARTS) is 2. The fourth-order valence-electron chi connectivity index (χ4n) is 7.25. The fourth-order valence-corrected chi connectivity index (χ4v) is 8.42. The van der Waals surface area contributed by atoms with Crippen molar-refractivity contribution in [1.29, 1.82) is 0 Å². The predicted molar refractivity (Wildman–Crippen MR) is 200 cm³/mol. The zero-order valence-electron chi connectivity index (χ0n) is 28.8. The molecule has 260 valence electrons. The zero-order valence-corrected chi connectivity index (χ0v) is 31.9. The van der Waals surface area contributed by atoms with Crippen LogP contribution in [-0.2, 0) is 15.0 Å². The largest absolute Gasteiger partial charge is 0.478 e. The Balaban J connectivity index is 2.30. The molecule has 0 radical (unpaired) electrons. The molecule has 5 nitrogen and oxygen atoms in total. The minimum Gasteiger partial charge on any atom is -0.478 e. The van der Waals surface area contributed by atoms with Gasteiger partial charge in [0.2, 0.25) is 0 Å². The summed E-state index contributed by atoms with van der Waals surface area (Å²) in [7, 11) is 0. The number of aliphatic carboxylic acids is 2. The molecule has 0 saturated heterocycles. The maximum absolute atomic E-state index is 13.3. The molecule has 1 aromatic carbocycles. The molecule has 1 aromatic rings. The van der Waals surface area contributed by atoms with Gasteiger partial charge in [-0.3, -0.25) is 0 Å². The summed E-state index contributed by atoms with van der Waals surface area (Å²) in [6.07, 6.45) is 24.2. The highest BCUT2D eigenvalue weighted by atomic mass is 79.9. The van der Waals surface area contributed by atoms with Gasteiger partial charge < -0.3 is 15.1 Å². The first-order valence-corrected chi connectivity index (χ1v) is 20.5. The van der Waals surface area contributed by atoms with Gasteiger partial charge in [-0.05, 0) is 18.4 Å². The summed E-state index contributed by atoms with van der Waals surface area (Å²) in [5.74, 6) is -2.07. The lowest BCUT2D eigenvalue weighted by Crippen LogP contribution is -2.47. The number of allylic oxidation sites excluding steroid dienone is 2. The topological polar surface area (TPSA) is 77.8 Å². The molecule has 0 atom stereocenters. The van der Waals surface area contributed by atoms with Gasteiger partial charge in [0.05, 0.1) is 16.6 Å². The van der Waals surface area contributed by atoms with Gasteiger partial charge in [0.15, 0.2) is 0 Å². The SMILES string of the molecule is CCCCCCCCCCCCN1C(CBr)=C(C(=O)O)C(CCCCCCCCCCCC)(c2ccccc2)C(C(=O)O)=C1CBr. The monoisotopic (exact) mass is 765 g/mol. The normalized spacial score (nSPS) is 14.7. The minimum atomic E-state index is -1.24. The highest BCUT2D eigenvalue weighted by molar-refractivity contribution is 9.09. The van der Waals surface area contributed by atoms with Crippen molar-refractivity contribution in [3.8, 4) is 0 Å². The van der Waals surface area contributed by atoms with Gasteiger partial charge in [0, 0.05) is 28.6 Å². The molecule has 0 fully saturated rings. The van der Waals surface area contributed by atoms with Crippen LogP contribution in [-0.4, -0.2) is 44.3 Å². The maximum atomic E-state index is 13.3. The van der Waals surface area contributed by atoms with Crippen LogP contribution in [0.3, 0.4) is 0 Å². The summed E-state index contributed by atoms with van der Waals surface area (Å²) in [5, 5.41) is 22.5. The molecular weight excluding hydrogens is 706 g/mol. The van der Waals surface area contributed by atoms with Gasteiger partial charge in [0.25, 0.3) is 0 Å². The van der Waals surface area contributed by atoms with Crippen LogP contribution in [0.1, 0.15) is 154 Å². The number of carbonyl (C=O) groups is 2. The van der Waals surface area contributed by atoms with Crippen LogP contribution in [0, 0.1) is 0 Å². The van der Waals surface area contributed by atoms with Crippen molar-refractivity contribution < 1.29 is 19.8 Å². The summed E-state index contributed by atoms with van der Waals surface area (Å²) in [6, 6.07) is 9.53. The number of hydrogen-bond donors (Lipinski definition) is 2. The number of nitrogens with zero attached hydrogens (tertiary/aromatic N) is 1. The molecule has 2 N–H and O–H groups in total. The Morgan fingerprint density at radius 3 is 1.33 bits per heavy atom. The number of carboxylic acids is 2. The summed E-state index contributed by atoms with van der Waals surface area (Å²) < 4.78 is 0. The van der Waals surface area contributed by atoms with E-state index in [1.165, 1.54) is 89.9 Å². The molecular formula is C39H61Br2NO4. The van der Waals surface area contributed by atoms with E-state index in [1.54, 1.807) is 0 Å². The molecule has 0 aliphatic carbocycles. The van der Waals surface area contributed by atoms with E-state index in [1.807, 2.05) is 35.2 Å². The lowest BCUT2D eigenvalue weighted by molar-refractivity contribution is -0.134. The van der Waals surface area contributed by atoms with E-state index in [9.17, 15) is 19.8 Å². The Hall–Kier alpha value is -1.60. The van der Waals surface area contributed by atoms with Crippen LogP contribution in [0.15, 0.2) is 52.9 Å². The van der Waals surface area contributed by atoms with Crippen molar-refractivity contribution in [2.75, 3.05) is 17.2 Å². The second kappa shape index (κ2) is 23.7. The average Bonchev–Trinajstić information content (AvgIpc) is 3.05. The first-order chi connectivity index (χ1) is 22.4. The number of hydrogen-bond acceptors (Lipinski definition) is 3. The third-order valence-electron chi connectivity index (χ3n) is 9.67. The van der Waals surface area contributed by atoms with E-state index in [2.05, 4.69) is 45.7 Å². The number of alkyl halides is 2. The van der Waals surface area contributed by atoms with Gasteiger partial charge in [0.1, 0.15) is 0 Å². The van der Waals surface area contributed by atoms with E-state index in [-0.39, 0.29) is 11.1 Å². The molecule has 1 heterocycles. The van der Waals surface area contributed by atoms with Crippen LogP contribution in [0.25, 0.3) is 0 Å². The van der Waals surface area contributed by atoms with Crippen LogP contribution in [0.4, 0.5) is 0 Å². The van der Waals surface area contributed by atoms with Crippen LogP contribution in [0.2, 0.25) is 0 Å². The molecule has 2 rings (SSSR count). The second-order valence-corrected chi connectivity index (χ2v) is 14.2. The Bertz CT molecular complexity index is 1040. The molecule has 0 saturated carbocycles. The summed E-state index contributed by atoms with van der Waals surface area (Å²) in [5.41, 5.74) is 1.29. The highest BCUT2D eigenvalue weighted by Crippen LogP contribution is 2.51. The summed E-state index contributed by atoms with van der Waals surface area (Å²) in [6.45, 7) is 5.09. The first kappa shape index (κ1) is 40.6. The predicted octanol–water partition coefficient (Wildman–Crippen LogP) is 11.9. The van der Waals surface area contributed by atoms with E-state index in [0.717, 1.165) is 44.1 Å². The van der Waals surface area contributed by atoms with Gasteiger partial charge in [-0.1, -0.05) is 198 Å². The third-order valence-corrected chi connectivity index (χ3v) is 10.7. The quantitative estimate of drug-likeness (QED) is 0.0689. The molecule has 1 aliphatic rings. The first-order valence-electron chi connectivity index (χ1n) is 18.3. The molecule has 0 aromatic heterocycles. The second-order valence-electron chi connectivity index (χ2n) is 13.1. The van der Waals surface area contributed by atoms with E-state index >= 15 is 0 Å². The van der Waals surface area contributed by atoms with Crippen LogP contribution in [0.5, 0.6) is 0 Å². The Morgan fingerprint density at radius 2 is 0.957 bits per heavy atom. The lowest BCUT2D eigenvalue weighted by Gasteiger charge is -2.46. The van der Waals surface area contributed by atoms with Crippen molar-refractivity contribution in [2.24, 2.45) is 0 Å². The fraction of sp³-hybridized carbons (Fsp3) is 0.692. The van der Waals surface area contributed by atoms with Crippen molar-refractivity contribution in [1.82, 2.24) is 4.90 Å². The van der Waals surface area contributed by atoms with E-state index < -0.39 is 17.4 Å². The maximum Gasteiger partial charge on any atom is 0.334 e. The number of halogens is 2. The Morgan fingerprint density at radius 1 is 0.587 bits per heavy atom. The molecule has 46 heavy (non-hydrogen) atoms. The number of benzene rings is 1. The molecule has 0 amide bonds. The van der Waals surface area contributed by atoms with Crippen molar-refractivity contribution in [3.05, 3.63) is 58.4 Å². The summed E-state index contributed by atoms with van der Waals surface area (Å²) >= 11 is 7.30. The van der Waals surface area contributed by atoms with Gasteiger partial charge in [-0.15, -0.1) is 0 Å². The zero-order chi connectivity index (χ0) is 33.6. The van der Waals surface area contributed by atoms with Crippen LogP contribution < -0.4 is 0 Å². The van der Waals surface area contributed by atoms with E-state index in [4.69, 9.17) is 0 Å². The molecule has 7 heteroatoms. The van der Waals surface area contributed by atoms with E-state index in [0.29, 0.717) is 35.0 Å². The Kier molecular flexibility index (Phi) is 20.9. The number of rotatable bonds is 27. The smallest absolute Gasteiger partial charge is 0.334 e. The standard InChI is InChI=1S/C39H61Br2NO4/c1-3-5-7-9-11-13-15-17-19-24-28-39(32-26-22-21-23-27-32)35(37(43)44)33(30-40)42(34(31-41)36(39)38(45)46)29-25-20-18-16-14-12-10-8-6-4-2/h21-23,26-27H,3-20,24-25,28-31H2,1-2H3,(H,43,44)(H,45,46). The van der Waals surface area contributed by atoms with Gasteiger partial charge >= 0.3 is 11.9 Å². The van der Waals surface area contributed by atoms with Crippen molar-refractivity contribution in [2.45, 2.75) is 154 Å². The molecule has 0 bridgehead atoms.